The molecule has 2 amide bonds. The van der Waals surface area contributed by atoms with E-state index in [1.165, 1.54) is 6.07 Å². The van der Waals surface area contributed by atoms with Crippen LogP contribution in [-0.2, 0) is 0 Å². The quantitative estimate of drug-likeness (QED) is 0.788. The average Bonchev–Trinajstić information content (AvgIpc) is 2.77. The molecule has 108 valence electrons. The third kappa shape index (κ3) is 3.50. The molecule has 2 atom stereocenters. The molecule has 0 spiro atoms. The van der Waals surface area contributed by atoms with Crippen LogP contribution in [0.3, 0.4) is 0 Å². The lowest BCUT2D eigenvalue weighted by molar-refractivity contribution is 0.0696. The molecule has 1 fully saturated rings. The van der Waals surface area contributed by atoms with Crippen molar-refractivity contribution in [1.29, 1.82) is 0 Å². The van der Waals surface area contributed by atoms with Crippen LogP contribution in [0.1, 0.15) is 36.5 Å². The summed E-state index contributed by atoms with van der Waals surface area (Å²) in [4.78, 5) is 22.9. The van der Waals surface area contributed by atoms with E-state index in [0.717, 1.165) is 19.3 Å². The maximum atomic E-state index is 11.9. The number of carbonyl (C=O) groups excluding carboxylic acids is 1. The number of carboxylic acids is 1. The Labute approximate surface area is 125 Å². The normalized spacial score (nSPS) is 21.5. The van der Waals surface area contributed by atoms with Crippen molar-refractivity contribution in [3.63, 3.8) is 0 Å². The Bertz CT molecular complexity index is 533. The molecule has 5 nitrogen and oxygen atoms in total. The second kappa shape index (κ2) is 6.26. The number of rotatable bonds is 3. The number of benzene rings is 1. The lowest BCUT2D eigenvalue weighted by Crippen LogP contribution is -2.39. The van der Waals surface area contributed by atoms with Gasteiger partial charge in [-0.15, -0.1) is 0 Å². The van der Waals surface area contributed by atoms with Crippen molar-refractivity contribution in [2.24, 2.45) is 5.92 Å². The van der Waals surface area contributed by atoms with Gasteiger partial charge in [0.1, 0.15) is 0 Å². The van der Waals surface area contributed by atoms with Gasteiger partial charge in [-0.1, -0.05) is 13.3 Å². The third-order valence-corrected chi connectivity index (χ3v) is 4.32. The largest absolute Gasteiger partial charge is 0.478 e. The molecular weight excluding hydrogens is 324 g/mol. The van der Waals surface area contributed by atoms with Crippen molar-refractivity contribution in [3.8, 4) is 0 Å². The molecule has 0 heterocycles. The first-order chi connectivity index (χ1) is 9.47. The number of hydrogen-bond acceptors (Lipinski definition) is 2. The molecule has 0 aromatic heterocycles. The lowest BCUT2D eigenvalue weighted by atomic mass is 10.1. The molecule has 2 rings (SSSR count). The predicted octanol–water partition coefficient (Wildman–Crippen LogP) is 3.46. The number of halogens is 1. The van der Waals surface area contributed by atoms with Crippen molar-refractivity contribution in [1.82, 2.24) is 5.32 Å². The van der Waals surface area contributed by atoms with Crippen LogP contribution in [0.4, 0.5) is 10.5 Å². The van der Waals surface area contributed by atoms with Crippen LogP contribution in [0, 0.1) is 5.92 Å². The van der Waals surface area contributed by atoms with E-state index in [4.69, 9.17) is 5.11 Å². The maximum Gasteiger partial charge on any atom is 0.336 e. The molecule has 20 heavy (non-hydrogen) atoms. The minimum atomic E-state index is -1.04. The third-order valence-electron chi connectivity index (χ3n) is 3.63. The number of amides is 2. The zero-order valence-electron chi connectivity index (χ0n) is 11.1. The van der Waals surface area contributed by atoms with E-state index < -0.39 is 5.97 Å². The Balaban J connectivity index is 2.00. The molecular formula is C14H17BrN2O3. The summed E-state index contributed by atoms with van der Waals surface area (Å²) in [5.74, 6) is -0.550. The van der Waals surface area contributed by atoms with E-state index >= 15 is 0 Å². The van der Waals surface area contributed by atoms with Crippen LogP contribution in [0.5, 0.6) is 0 Å². The summed E-state index contributed by atoms with van der Waals surface area (Å²) in [6.45, 7) is 2.13. The van der Waals surface area contributed by atoms with E-state index in [9.17, 15) is 9.59 Å². The first-order valence-electron chi connectivity index (χ1n) is 6.57. The van der Waals surface area contributed by atoms with Crippen LogP contribution in [0.25, 0.3) is 0 Å². The highest BCUT2D eigenvalue weighted by Crippen LogP contribution is 2.25. The monoisotopic (exact) mass is 340 g/mol. The highest BCUT2D eigenvalue weighted by atomic mass is 79.9. The summed E-state index contributed by atoms with van der Waals surface area (Å²) in [6, 6.07) is 4.61. The molecule has 0 saturated heterocycles. The van der Waals surface area contributed by atoms with E-state index in [1.54, 1.807) is 12.1 Å². The number of carboxylic acid groups (broad SMARTS) is 1. The fraction of sp³-hybridized carbons (Fsp3) is 0.429. The summed E-state index contributed by atoms with van der Waals surface area (Å²) in [7, 11) is 0. The summed E-state index contributed by atoms with van der Waals surface area (Å²) in [5, 5.41) is 14.6. The van der Waals surface area contributed by atoms with E-state index in [1.807, 2.05) is 0 Å². The first-order valence-corrected chi connectivity index (χ1v) is 7.37. The van der Waals surface area contributed by atoms with Gasteiger partial charge in [0.15, 0.2) is 0 Å². The van der Waals surface area contributed by atoms with Crippen LogP contribution in [-0.4, -0.2) is 23.1 Å². The Hall–Kier alpha value is -1.56. The van der Waals surface area contributed by atoms with Crippen LogP contribution >= 0.6 is 15.9 Å². The number of hydrogen-bond donors (Lipinski definition) is 3. The average molecular weight is 341 g/mol. The Morgan fingerprint density at radius 1 is 1.35 bits per heavy atom. The first kappa shape index (κ1) is 14.8. The van der Waals surface area contributed by atoms with Crippen LogP contribution in [0.2, 0.25) is 0 Å². The summed E-state index contributed by atoms with van der Waals surface area (Å²) in [5.41, 5.74) is 0.589. The van der Waals surface area contributed by atoms with Crippen molar-refractivity contribution in [2.75, 3.05) is 5.32 Å². The predicted molar refractivity (Wildman–Crippen MR) is 80.1 cm³/mol. The minimum absolute atomic E-state index is 0.122. The SMILES string of the molecule is CC1CCCC1NC(=O)Nc1ccc(Br)c(C(=O)O)c1. The van der Waals surface area contributed by atoms with Gasteiger partial charge in [0.25, 0.3) is 0 Å². The van der Waals surface area contributed by atoms with E-state index in [0.29, 0.717) is 16.1 Å². The molecule has 1 saturated carbocycles. The summed E-state index contributed by atoms with van der Waals surface area (Å²) in [6.07, 6.45) is 3.26. The van der Waals surface area contributed by atoms with Gasteiger partial charge in [-0.3, -0.25) is 0 Å². The topological polar surface area (TPSA) is 78.4 Å². The summed E-state index contributed by atoms with van der Waals surface area (Å²) >= 11 is 3.17. The zero-order chi connectivity index (χ0) is 14.7. The molecule has 1 aliphatic rings. The second-order valence-electron chi connectivity index (χ2n) is 5.11. The molecule has 1 aromatic carbocycles. The number of nitrogens with one attached hydrogen (secondary N) is 2. The zero-order valence-corrected chi connectivity index (χ0v) is 12.7. The fourth-order valence-corrected chi connectivity index (χ4v) is 2.88. The van der Waals surface area contributed by atoms with Gasteiger partial charge in [-0.05, 0) is 52.9 Å². The highest BCUT2D eigenvalue weighted by Gasteiger charge is 2.24. The van der Waals surface area contributed by atoms with Gasteiger partial charge < -0.3 is 15.7 Å². The van der Waals surface area contributed by atoms with E-state index in [2.05, 4.69) is 33.5 Å². The molecule has 1 aromatic rings. The van der Waals surface area contributed by atoms with Gasteiger partial charge >= 0.3 is 12.0 Å². The van der Waals surface area contributed by atoms with Gasteiger partial charge in [-0.2, -0.15) is 0 Å². The van der Waals surface area contributed by atoms with Crippen LogP contribution < -0.4 is 10.6 Å². The van der Waals surface area contributed by atoms with Crippen molar-refractivity contribution in [3.05, 3.63) is 28.2 Å². The van der Waals surface area contributed by atoms with Gasteiger partial charge in [0, 0.05) is 16.2 Å². The lowest BCUT2D eigenvalue weighted by Gasteiger charge is -2.17. The van der Waals surface area contributed by atoms with Gasteiger partial charge in [0.05, 0.1) is 5.56 Å². The smallest absolute Gasteiger partial charge is 0.336 e. The number of urea groups is 1. The molecule has 2 unspecified atom stereocenters. The molecule has 3 N–H and O–H groups in total. The highest BCUT2D eigenvalue weighted by molar-refractivity contribution is 9.10. The van der Waals surface area contributed by atoms with E-state index in [-0.39, 0.29) is 17.6 Å². The molecule has 6 heteroatoms. The molecule has 0 radical (unpaired) electrons. The van der Waals surface area contributed by atoms with Gasteiger partial charge in [0.2, 0.25) is 0 Å². The maximum absolute atomic E-state index is 11.9. The van der Waals surface area contributed by atoms with Crippen molar-refractivity contribution >= 4 is 33.6 Å². The standard InChI is InChI=1S/C14H17BrN2O3/c1-8-3-2-4-12(8)17-14(20)16-9-5-6-11(15)10(7-9)13(18)19/h5-8,12H,2-4H2,1H3,(H,18,19)(H2,16,17,20). The van der Waals surface area contributed by atoms with Crippen molar-refractivity contribution in [2.45, 2.75) is 32.2 Å². The second-order valence-corrected chi connectivity index (χ2v) is 5.97. The van der Waals surface area contributed by atoms with Gasteiger partial charge in [-0.25, -0.2) is 9.59 Å². The molecule has 0 bridgehead atoms. The van der Waals surface area contributed by atoms with Crippen LogP contribution in [0.15, 0.2) is 22.7 Å². The Morgan fingerprint density at radius 3 is 2.70 bits per heavy atom. The molecule has 1 aliphatic carbocycles. The Morgan fingerprint density at radius 2 is 2.10 bits per heavy atom. The number of anilines is 1. The summed E-state index contributed by atoms with van der Waals surface area (Å²) < 4.78 is 0.486. The minimum Gasteiger partial charge on any atom is -0.478 e. The fourth-order valence-electron chi connectivity index (χ4n) is 2.46. The molecule has 0 aliphatic heterocycles. The van der Waals surface area contributed by atoms with Crippen molar-refractivity contribution < 1.29 is 14.7 Å². The number of carbonyl (C=O) groups is 2. The number of aromatic carboxylic acids is 1. The Kier molecular flexibility index (Phi) is 4.65.